The second kappa shape index (κ2) is 5.56. The maximum absolute atomic E-state index is 11.4. The zero-order chi connectivity index (χ0) is 13.9. The first-order valence-electron chi connectivity index (χ1n) is 4.94. The van der Waals surface area contributed by atoms with Gasteiger partial charge in [-0.3, -0.25) is 10.1 Å². The van der Waals surface area contributed by atoms with Crippen molar-refractivity contribution in [2.45, 2.75) is 19.8 Å². The van der Waals surface area contributed by atoms with Gasteiger partial charge < -0.3 is 14.6 Å². The van der Waals surface area contributed by atoms with E-state index in [-0.39, 0.29) is 12.4 Å². The van der Waals surface area contributed by atoms with Crippen molar-refractivity contribution >= 4 is 11.7 Å². The van der Waals surface area contributed by atoms with Crippen molar-refractivity contribution in [2.24, 2.45) is 0 Å². The maximum Gasteiger partial charge on any atom is 0.365 e. The van der Waals surface area contributed by atoms with Gasteiger partial charge in [0.1, 0.15) is 12.4 Å². The van der Waals surface area contributed by atoms with Gasteiger partial charge in [-0.1, -0.05) is 0 Å². The number of carbonyl (C=O) groups excluding carboxylic acids is 1. The van der Waals surface area contributed by atoms with E-state index in [9.17, 15) is 20.0 Å². The number of carbonyl (C=O) groups is 1. The second-order valence-electron chi connectivity index (χ2n) is 3.42. The molecule has 0 spiro atoms. The minimum atomic E-state index is -1.17. The van der Waals surface area contributed by atoms with E-state index in [2.05, 4.69) is 9.84 Å². The summed E-state index contributed by atoms with van der Waals surface area (Å²) in [6.45, 7) is 1.20. The van der Waals surface area contributed by atoms with E-state index in [0.29, 0.717) is 0 Å². The summed E-state index contributed by atoms with van der Waals surface area (Å²) in [5.41, 5.74) is -1.15. The van der Waals surface area contributed by atoms with Gasteiger partial charge in [-0.05, 0) is 6.92 Å². The van der Waals surface area contributed by atoms with Crippen LogP contribution in [-0.4, -0.2) is 40.0 Å². The van der Waals surface area contributed by atoms with Gasteiger partial charge >= 0.3 is 11.7 Å². The highest BCUT2D eigenvalue weighted by Gasteiger charge is 2.34. The van der Waals surface area contributed by atoms with Crippen molar-refractivity contribution in [1.82, 2.24) is 9.78 Å². The monoisotopic (exact) mass is 259 g/mol. The van der Waals surface area contributed by atoms with Crippen LogP contribution in [0.2, 0.25) is 0 Å². The Balaban J connectivity index is 3.48. The number of nitro groups is 1. The summed E-state index contributed by atoms with van der Waals surface area (Å²) in [7, 11) is 2.45. The van der Waals surface area contributed by atoms with Crippen LogP contribution in [0, 0.1) is 10.1 Å². The summed E-state index contributed by atoms with van der Waals surface area (Å²) in [6.07, 6.45) is -1.17. The molecule has 1 N–H and O–H groups in total. The van der Waals surface area contributed by atoms with E-state index < -0.39 is 28.4 Å². The Kier molecular flexibility index (Phi) is 4.34. The molecular weight excluding hydrogens is 246 g/mol. The third-order valence-electron chi connectivity index (χ3n) is 2.17. The molecule has 0 amide bonds. The van der Waals surface area contributed by atoms with Crippen molar-refractivity contribution in [3.05, 3.63) is 21.5 Å². The minimum absolute atomic E-state index is 0.109. The summed E-state index contributed by atoms with van der Waals surface area (Å²) in [5.74, 6) is -0.946. The Morgan fingerprint density at radius 3 is 2.61 bits per heavy atom. The fourth-order valence-electron chi connectivity index (χ4n) is 1.51. The minimum Gasteiger partial charge on any atom is -0.464 e. The van der Waals surface area contributed by atoms with Gasteiger partial charge in [-0.2, -0.15) is 5.10 Å². The highest BCUT2D eigenvalue weighted by atomic mass is 16.6. The van der Waals surface area contributed by atoms with Crippen molar-refractivity contribution < 1.29 is 24.3 Å². The highest BCUT2D eigenvalue weighted by molar-refractivity contribution is 5.92. The number of nitrogens with zero attached hydrogens (tertiary/aromatic N) is 3. The fraction of sp³-hybridized carbons (Fsp3) is 0.556. The summed E-state index contributed by atoms with van der Waals surface area (Å²) in [6, 6.07) is 0. The zero-order valence-corrected chi connectivity index (χ0v) is 10.1. The Morgan fingerprint density at radius 2 is 2.22 bits per heavy atom. The van der Waals surface area contributed by atoms with Gasteiger partial charge in [-0.25, -0.2) is 9.48 Å². The predicted octanol–water partition coefficient (Wildman–Crippen LogP) is 0.235. The molecule has 0 aliphatic carbocycles. The number of ether oxygens (including phenoxy) is 2. The molecule has 1 unspecified atom stereocenters. The van der Waals surface area contributed by atoms with Crippen LogP contribution in [0.3, 0.4) is 0 Å². The van der Waals surface area contributed by atoms with Gasteiger partial charge in [0.25, 0.3) is 0 Å². The number of hydrogen-bond donors (Lipinski definition) is 1. The molecular formula is C9H13N3O6. The Labute approximate surface area is 102 Å². The molecule has 0 aromatic carbocycles. The van der Waals surface area contributed by atoms with E-state index in [1.807, 2.05) is 0 Å². The SMILES string of the molecule is COCn1nc(C(=O)OC)c([N+](=O)[O-])c1C(C)O. The maximum atomic E-state index is 11.4. The van der Waals surface area contributed by atoms with E-state index in [0.717, 1.165) is 11.8 Å². The lowest BCUT2D eigenvalue weighted by atomic mass is 10.2. The molecule has 1 aromatic rings. The predicted molar refractivity (Wildman–Crippen MR) is 57.9 cm³/mol. The average molecular weight is 259 g/mol. The molecule has 9 nitrogen and oxygen atoms in total. The third-order valence-corrected chi connectivity index (χ3v) is 2.17. The molecule has 1 rings (SSSR count). The molecule has 1 atom stereocenters. The van der Waals surface area contributed by atoms with Crippen LogP contribution < -0.4 is 0 Å². The quantitative estimate of drug-likeness (QED) is 0.457. The number of esters is 1. The molecule has 18 heavy (non-hydrogen) atoms. The Hall–Kier alpha value is -2.00. The van der Waals surface area contributed by atoms with Crippen molar-refractivity contribution in [3.63, 3.8) is 0 Å². The molecule has 9 heteroatoms. The van der Waals surface area contributed by atoms with E-state index in [4.69, 9.17) is 4.74 Å². The molecule has 100 valence electrons. The first kappa shape index (κ1) is 14.1. The van der Waals surface area contributed by atoms with Gasteiger partial charge in [-0.15, -0.1) is 0 Å². The van der Waals surface area contributed by atoms with E-state index in [1.165, 1.54) is 14.0 Å². The average Bonchev–Trinajstić information content (AvgIpc) is 2.68. The molecule has 0 radical (unpaired) electrons. The van der Waals surface area contributed by atoms with Crippen LogP contribution in [0.25, 0.3) is 0 Å². The van der Waals surface area contributed by atoms with E-state index in [1.54, 1.807) is 0 Å². The van der Waals surface area contributed by atoms with Crippen molar-refractivity contribution in [3.8, 4) is 0 Å². The summed E-state index contributed by atoms with van der Waals surface area (Å²) in [4.78, 5) is 21.6. The van der Waals surface area contributed by atoms with Crippen LogP contribution in [0.15, 0.2) is 0 Å². The van der Waals surface area contributed by atoms with Gasteiger partial charge in [0.05, 0.1) is 18.1 Å². The van der Waals surface area contributed by atoms with Gasteiger partial charge in [0.2, 0.25) is 5.69 Å². The molecule has 1 heterocycles. The fourth-order valence-corrected chi connectivity index (χ4v) is 1.51. The zero-order valence-electron chi connectivity index (χ0n) is 10.1. The molecule has 0 bridgehead atoms. The summed E-state index contributed by atoms with van der Waals surface area (Å²) >= 11 is 0. The molecule has 0 aliphatic heterocycles. The first-order chi connectivity index (χ1) is 8.43. The largest absolute Gasteiger partial charge is 0.464 e. The number of aromatic nitrogens is 2. The van der Waals surface area contributed by atoms with Crippen molar-refractivity contribution in [2.75, 3.05) is 14.2 Å². The lowest BCUT2D eigenvalue weighted by Gasteiger charge is -2.06. The number of aliphatic hydroxyl groups is 1. The van der Waals surface area contributed by atoms with Crippen LogP contribution in [0.4, 0.5) is 5.69 Å². The lowest BCUT2D eigenvalue weighted by Crippen LogP contribution is -2.10. The third kappa shape index (κ3) is 2.46. The second-order valence-corrected chi connectivity index (χ2v) is 3.42. The Morgan fingerprint density at radius 1 is 1.61 bits per heavy atom. The number of hydrogen-bond acceptors (Lipinski definition) is 7. The molecule has 0 saturated heterocycles. The van der Waals surface area contributed by atoms with Crippen LogP contribution >= 0.6 is 0 Å². The highest BCUT2D eigenvalue weighted by Crippen LogP contribution is 2.29. The molecule has 0 aliphatic rings. The normalized spacial score (nSPS) is 12.2. The number of rotatable bonds is 5. The first-order valence-corrected chi connectivity index (χ1v) is 4.94. The standard InChI is InChI=1S/C9H13N3O6/c1-5(13)7-8(12(15)16)6(9(14)18-3)10-11(7)4-17-2/h5,13H,4H2,1-3H3. The summed E-state index contributed by atoms with van der Waals surface area (Å²) in [5, 5.41) is 24.3. The lowest BCUT2D eigenvalue weighted by molar-refractivity contribution is -0.386. The summed E-state index contributed by atoms with van der Waals surface area (Å²) < 4.78 is 10.3. The number of aliphatic hydroxyl groups excluding tert-OH is 1. The molecule has 1 aromatic heterocycles. The number of methoxy groups -OCH3 is 2. The Bertz CT molecular complexity index is 467. The van der Waals surface area contributed by atoms with Gasteiger partial charge in [0.15, 0.2) is 0 Å². The van der Waals surface area contributed by atoms with Crippen LogP contribution in [0.5, 0.6) is 0 Å². The topological polar surface area (TPSA) is 117 Å². The smallest absolute Gasteiger partial charge is 0.365 e. The van der Waals surface area contributed by atoms with Crippen molar-refractivity contribution in [1.29, 1.82) is 0 Å². The van der Waals surface area contributed by atoms with Crippen LogP contribution in [-0.2, 0) is 16.2 Å². The molecule has 0 saturated carbocycles. The molecule has 0 fully saturated rings. The van der Waals surface area contributed by atoms with Crippen LogP contribution in [0.1, 0.15) is 29.2 Å². The van der Waals surface area contributed by atoms with E-state index >= 15 is 0 Å². The van der Waals surface area contributed by atoms with Gasteiger partial charge in [0, 0.05) is 7.11 Å².